The van der Waals surface area contributed by atoms with Gasteiger partial charge >= 0.3 is 5.97 Å². The van der Waals surface area contributed by atoms with E-state index >= 15 is 0 Å². The average molecular weight is 254 g/mol. The molecule has 6 heteroatoms. The Kier molecular flexibility index (Phi) is 4.47. The number of nitrogens with zero attached hydrogens (tertiary/aromatic N) is 1. The fourth-order valence-electron chi connectivity index (χ4n) is 1.68. The first-order valence-electron chi connectivity index (χ1n) is 5.87. The molecule has 1 amide bonds. The number of carboxylic acids is 1. The van der Waals surface area contributed by atoms with Gasteiger partial charge in [0.2, 0.25) is 0 Å². The standard InChI is InChI=1S/C12H18N2O4/c1-5-8-9(7(4)18-14-8)11(15)13-10(6(2)3)12(16)17/h6,10H,5H2,1-4H3,(H,13,15)(H,16,17)/t10-/m0/s1. The summed E-state index contributed by atoms with van der Waals surface area (Å²) < 4.78 is 4.95. The second-order valence-corrected chi connectivity index (χ2v) is 4.45. The molecule has 6 nitrogen and oxygen atoms in total. The molecular weight excluding hydrogens is 236 g/mol. The van der Waals surface area contributed by atoms with Crippen molar-refractivity contribution in [1.29, 1.82) is 0 Å². The SMILES string of the molecule is CCc1noc(C)c1C(=O)N[C@H](C(=O)O)C(C)C. The smallest absolute Gasteiger partial charge is 0.326 e. The Morgan fingerprint density at radius 3 is 2.50 bits per heavy atom. The molecule has 0 saturated heterocycles. The largest absolute Gasteiger partial charge is 0.480 e. The van der Waals surface area contributed by atoms with E-state index in [1.165, 1.54) is 0 Å². The second kappa shape index (κ2) is 5.66. The van der Waals surface area contributed by atoms with Crippen LogP contribution in [-0.2, 0) is 11.2 Å². The summed E-state index contributed by atoms with van der Waals surface area (Å²) in [5.41, 5.74) is 0.877. The fraction of sp³-hybridized carbons (Fsp3) is 0.583. The Labute approximate surface area is 105 Å². The van der Waals surface area contributed by atoms with Gasteiger partial charge in [-0.15, -0.1) is 0 Å². The van der Waals surface area contributed by atoms with E-state index in [2.05, 4.69) is 10.5 Å². The highest BCUT2D eigenvalue weighted by Crippen LogP contribution is 2.14. The minimum atomic E-state index is -1.05. The predicted molar refractivity (Wildman–Crippen MR) is 64.3 cm³/mol. The number of aliphatic carboxylic acids is 1. The number of nitrogens with one attached hydrogen (secondary N) is 1. The van der Waals surface area contributed by atoms with Crippen molar-refractivity contribution in [1.82, 2.24) is 10.5 Å². The van der Waals surface area contributed by atoms with E-state index < -0.39 is 17.9 Å². The summed E-state index contributed by atoms with van der Waals surface area (Å²) in [7, 11) is 0. The minimum Gasteiger partial charge on any atom is -0.480 e. The van der Waals surface area contributed by atoms with Crippen molar-refractivity contribution in [3.63, 3.8) is 0 Å². The van der Waals surface area contributed by atoms with Crippen molar-refractivity contribution in [3.8, 4) is 0 Å². The lowest BCUT2D eigenvalue weighted by molar-refractivity contribution is -0.140. The average Bonchev–Trinajstić information content (AvgIpc) is 2.66. The highest BCUT2D eigenvalue weighted by Gasteiger charge is 2.27. The Balaban J connectivity index is 2.94. The molecule has 1 aromatic rings. The van der Waals surface area contributed by atoms with E-state index in [0.717, 1.165) is 0 Å². The Morgan fingerprint density at radius 1 is 1.44 bits per heavy atom. The zero-order valence-electron chi connectivity index (χ0n) is 11.0. The summed E-state index contributed by atoms with van der Waals surface area (Å²) in [5, 5.41) is 15.3. The number of carbonyl (C=O) groups excluding carboxylic acids is 1. The predicted octanol–water partition coefficient (Wildman–Crippen LogP) is 1.38. The summed E-state index contributed by atoms with van der Waals surface area (Å²) in [4.78, 5) is 23.1. The molecule has 0 aliphatic rings. The van der Waals surface area contributed by atoms with Crippen molar-refractivity contribution in [3.05, 3.63) is 17.0 Å². The number of hydrogen-bond acceptors (Lipinski definition) is 4. The summed E-state index contributed by atoms with van der Waals surface area (Å²) in [6.07, 6.45) is 0.555. The van der Waals surface area contributed by atoms with Crippen LogP contribution >= 0.6 is 0 Å². The van der Waals surface area contributed by atoms with E-state index in [1.54, 1.807) is 20.8 Å². The fourth-order valence-corrected chi connectivity index (χ4v) is 1.68. The quantitative estimate of drug-likeness (QED) is 0.828. The van der Waals surface area contributed by atoms with Crippen LogP contribution in [0.3, 0.4) is 0 Å². The molecule has 0 aliphatic heterocycles. The molecule has 100 valence electrons. The molecule has 0 bridgehead atoms. The maximum absolute atomic E-state index is 12.1. The lowest BCUT2D eigenvalue weighted by Crippen LogP contribution is -2.44. The molecule has 0 aliphatic carbocycles. The molecule has 1 aromatic heterocycles. The van der Waals surface area contributed by atoms with E-state index in [1.807, 2.05) is 6.92 Å². The van der Waals surface area contributed by atoms with Crippen molar-refractivity contribution < 1.29 is 19.2 Å². The van der Waals surface area contributed by atoms with Crippen molar-refractivity contribution in [2.24, 2.45) is 5.92 Å². The van der Waals surface area contributed by atoms with Crippen LogP contribution in [0.1, 0.15) is 42.6 Å². The number of rotatable bonds is 5. The molecule has 0 aromatic carbocycles. The Hall–Kier alpha value is -1.85. The first-order chi connectivity index (χ1) is 8.38. The lowest BCUT2D eigenvalue weighted by atomic mass is 10.0. The van der Waals surface area contributed by atoms with Crippen LogP contribution in [0.5, 0.6) is 0 Å². The molecule has 1 heterocycles. The number of hydrogen-bond donors (Lipinski definition) is 2. The molecule has 0 radical (unpaired) electrons. The Morgan fingerprint density at radius 2 is 2.06 bits per heavy atom. The van der Waals surface area contributed by atoms with Crippen LogP contribution in [-0.4, -0.2) is 28.2 Å². The number of aryl methyl sites for hydroxylation is 2. The van der Waals surface area contributed by atoms with Crippen LogP contribution in [0.4, 0.5) is 0 Å². The molecule has 1 rings (SSSR count). The minimum absolute atomic E-state index is 0.198. The van der Waals surface area contributed by atoms with Gasteiger partial charge in [0.1, 0.15) is 17.4 Å². The molecule has 18 heavy (non-hydrogen) atoms. The van der Waals surface area contributed by atoms with Crippen LogP contribution < -0.4 is 5.32 Å². The maximum Gasteiger partial charge on any atom is 0.326 e. The highest BCUT2D eigenvalue weighted by molar-refractivity contribution is 5.98. The molecule has 0 saturated carbocycles. The van der Waals surface area contributed by atoms with Crippen LogP contribution in [0.25, 0.3) is 0 Å². The number of carbonyl (C=O) groups is 2. The summed E-state index contributed by atoms with van der Waals surface area (Å²) >= 11 is 0. The summed E-state index contributed by atoms with van der Waals surface area (Å²) in [6.45, 7) is 6.96. The highest BCUT2D eigenvalue weighted by atomic mass is 16.5. The van der Waals surface area contributed by atoms with Gasteiger partial charge in [-0.1, -0.05) is 25.9 Å². The zero-order chi connectivity index (χ0) is 13.9. The van der Waals surface area contributed by atoms with Gasteiger partial charge in [-0.05, 0) is 19.3 Å². The van der Waals surface area contributed by atoms with Crippen molar-refractivity contribution in [2.45, 2.75) is 40.2 Å². The van der Waals surface area contributed by atoms with Gasteiger partial charge in [0.25, 0.3) is 5.91 Å². The molecule has 1 atom stereocenters. The van der Waals surface area contributed by atoms with Gasteiger partial charge in [0, 0.05) is 0 Å². The molecule has 0 unspecified atom stereocenters. The molecule has 2 N–H and O–H groups in total. The first kappa shape index (κ1) is 14.2. The lowest BCUT2D eigenvalue weighted by Gasteiger charge is -2.17. The second-order valence-electron chi connectivity index (χ2n) is 4.45. The molecular formula is C12H18N2O4. The van der Waals surface area contributed by atoms with E-state index in [0.29, 0.717) is 23.4 Å². The topological polar surface area (TPSA) is 92.4 Å². The normalized spacial score (nSPS) is 12.5. The third-order valence-corrected chi connectivity index (χ3v) is 2.71. The molecule has 0 fully saturated rings. The van der Waals surface area contributed by atoms with Crippen LogP contribution in [0.2, 0.25) is 0 Å². The van der Waals surface area contributed by atoms with Gasteiger partial charge in [-0.25, -0.2) is 4.79 Å². The number of amides is 1. The van der Waals surface area contributed by atoms with Crippen molar-refractivity contribution in [2.75, 3.05) is 0 Å². The third kappa shape index (κ3) is 2.88. The van der Waals surface area contributed by atoms with Gasteiger partial charge < -0.3 is 14.9 Å². The van der Waals surface area contributed by atoms with E-state index in [-0.39, 0.29) is 5.92 Å². The van der Waals surface area contributed by atoms with Crippen LogP contribution in [0.15, 0.2) is 4.52 Å². The van der Waals surface area contributed by atoms with E-state index in [9.17, 15) is 9.59 Å². The van der Waals surface area contributed by atoms with Gasteiger partial charge in [0.15, 0.2) is 0 Å². The van der Waals surface area contributed by atoms with Crippen molar-refractivity contribution >= 4 is 11.9 Å². The summed E-state index contributed by atoms with van der Waals surface area (Å²) in [6, 6.07) is -0.920. The Bertz CT molecular complexity index is 451. The van der Waals surface area contributed by atoms with Gasteiger partial charge in [0.05, 0.1) is 5.69 Å². The number of carboxylic acid groups (broad SMARTS) is 1. The summed E-state index contributed by atoms with van der Waals surface area (Å²) in [5.74, 6) is -1.30. The van der Waals surface area contributed by atoms with Gasteiger partial charge in [-0.2, -0.15) is 0 Å². The van der Waals surface area contributed by atoms with E-state index in [4.69, 9.17) is 9.63 Å². The maximum atomic E-state index is 12.1. The van der Waals surface area contributed by atoms with Crippen LogP contribution in [0, 0.1) is 12.8 Å². The van der Waals surface area contributed by atoms with Gasteiger partial charge in [-0.3, -0.25) is 4.79 Å². The monoisotopic (exact) mass is 254 g/mol. The first-order valence-corrected chi connectivity index (χ1v) is 5.87. The zero-order valence-corrected chi connectivity index (χ0v) is 11.0. The number of aromatic nitrogens is 1. The molecule has 0 spiro atoms. The third-order valence-electron chi connectivity index (χ3n) is 2.71.